The largest absolute Gasteiger partial charge is 0.508 e. The second-order valence-electron chi connectivity index (χ2n) is 7.31. The van der Waals surface area contributed by atoms with Crippen molar-refractivity contribution in [2.75, 3.05) is 11.5 Å². The summed E-state index contributed by atoms with van der Waals surface area (Å²) in [5, 5.41) is 22.9. The summed E-state index contributed by atoms with van der Waals surface area (Å²) < 4.78 is 5.72. The van der Waals surface area contributed by atoms with Crippen LogP contribution in [0.15, 0.2) is 65.7 Å². The van der Waals surface area contributed by atoms with Crippen LogP contribution in [0.3, 0.4) is 0 Å². The van der Waals surface area contributed by atoms with E-state index in [1.807, 2.05) is 0 Å². The molecule has 0 saturated carbocycles. The number of ether oxygens (including phenoxy) is 1. The number of rotatable bonds is 7. The van der Waals surface area contributed by atoms with Gasteiger partial charge in [0.05, 0.1) is 18.2 Å². The molecule has 0 radical (unpaired) electrons. The van der Waals surface area contributed by atoms with Crippen molar-refractivity contribution in [3.63, 3.8) is 0 Å². The number of hydrogen-bond donors (Lipinski definition) is 2. The van der Waals surface area contributed by atoms with Crippen molar-refractivity contribution in [1.29, 1.82) is 0 Å². The second-order valence-corrected chi connectivity index (χ2v) is 8.18. The lowest BCUT2D eigenvalue weighted by atomic mass is 9.95. The molecule has 1 amide bonds. The number of phenolic OH excluding ortho intramolecular Hbond substituents is 1. The number of nitrogens with zero attached hydrogens (tertiary/aromatic N) is 2. The molecular formula is C24H22N2O5S. The fourth-order valence-corrected chi connectivity index (χ4v) is 4.23. The molecule has 7 nitrogen and oxygen atoms in total. The quantitative estimate of drug-likeness (QED) is 0.235. The van der Waals surface area contributed by atoms with Crippen LogP contribution >= 0.6 is 11.3 Å². The zero-order valence-electron chi connectivity index (χ0n) is 17.4. The smallest absolute Gasteiger partial charge is 0.301 e. The Hall–Kier alpha value is -3.65. The highest BCUT2D eigenvalue weighted by atomic mass is 32.1. The predicted octanol–water partition coefficient (Wildman–Crippen LogP) is 4.65. The highest BCUT2D eigenvalue weighted by Crippen LogP contribution is 2.43. The van der Waals surface area contributed by atoms with Gasteiger partial charge in [-0.25, -0.2) is 4.98 Å². The maximum Gasteiger partial charge on any atom is 0.301 e. The van der Waals surface area contributed by atoms with E-state index in [0.717, 1.165) is 12.8 Å². The minimum Gasteiger partial charge on any atom is -0.508 e. The summed E-state index contributed by atoms with van der Waals surface area (Å²) >= 11 is 1.22. The number of phenols is 1. The Kier molecular flexibility index (Phi) is 6.23. The van der Waals surface area contributed by atoms with Crippen molar-refractivity contribution in [1.82, 2.24) is 4.98 Å². The fraction of sp³-hybridized carbons (Fsp3) is 0.208. The van der Waals surface area contributed by atoms with E-state index in [-0.39, 0.29) is 17.1 Å². The molecule has 2 N–H and O–H groups in total. The Labute approximate surface area is 189 Å². The van der Waals surface area contributed by atoms with Crippen molar-refractivity contribution in [2.45, 2.75) is 25.8 Å². The molecule has 3 aromatic rings. The monoisotopic (exact) mass is 450 g/mol. The molecule has 1 unspecified atom stereocenters. The molecule has 1 aliphatic rings. The van der Waals surface area contributed by atoms with Gasteiger partial charge in [-0.15, -0.1) is 11.3 Å². The number of Topliss-reactive ketones (excluding diaryl/α,β-unsaturated/α-hetero) is 1. The minimum atomic E-state index is -0.883. The van der Waals surface area contributed by atoms with Crippen LogP contribution in [-0.4, -0.2) is 33.5 Å². The fourth-order valence-electron chi connectivity index (χ4n) is 3.56. The van der Waals surface area contributed by atoms with Gasteiger partial charge in [0, 0.05) is 17.1 Å². The SMILES string of the molecule is CCCCOc1cccc(C(O)=C2C(=O)C(=O)N(c3nccs3)C2c2ccc(O)cc2)c1. The maximum atomic E-state index is 13.1. The average Bonchev–Trinajstić information content (AvgIpc) is 3.41. The summed E-state index contributed by atoms with van der Waals surface area (Å²) in [7, 11) is 0. The van der Waals surface area contributed by atoms with Gasteiger partial charge in [-0.1, -0.05) is 37.6 Å². The number of aromatic nitrogens is 1. The Bertz CT molecular complexity index is 1160. The first-order valence-corrected chi connectivity index (χ1v) is 11.1. The van der Waals surface area contributed by atoms with Crippen LogP contribution in [0.25, 0.3) is 5.76 Å². The summed E-state index contributed by atoms with van der Waals surface area (Å²) in [6, 6.07) is 12.1. The van der Waals surface area contributed by atoms with Gasteiger partial charge in [-0.05, 0) is 36.2 Å². The standard InChI is InChI=1S/C24H22N2O5S/c1-2-3-12-31-18-6-4-5-16(14-18)21(28)19-20(15-7-9-17(27)10-8-15)26(23(30)22(19)29)24-25-11-13-32-24/h4-11,13-14,20,27-28H,2-3,12H2,1H3. The number of carbonyl (C=O) groups is 2. The second kappa shape index (κ2) is 9.23. The summed E-state index contributed by atoms with van der Waals surface area (Å²) in [6.07, 6.45) is 3.44. The molecule has 2 heterocycles. The van der Waals surface area contributed by atoms with Gasteiger partial charge in [0.2, 0.25) is 0 Å². The average molecular weight is 451 g/mol. The number of carbonyl (C=O) groups excluding carboxylic acids is 2. The van der Waals surface area contributed by atoms with E-state index in [1.54, 1.807) is 48.0 Å². The molecule has 0 aliphatic carbocycles. The number of aliphatic hydroxyl groups is 1. The van der Waals surface area contributed by atoms with Crippen molar-refractivity contribution in [3.8, 4) is 11.5 Å². The van der Waals surface area contributed by atoms with Crippen LogP contribution in [0.4, 0.5) is 5.13 Å². The van der Waals surface area contributed by atoms with E-state index in [4.69, 9.17) is 4.74 Å². The van der Waals surface area contributed by atoms with Gasteiger partial charge in [0.25, 0.3) is 5.78 Å². The van der Waals surface area contributed by atoms with Gasteiger partial charge in [-0.3, -0.25) is 14.5 Å². The van der Waals surface area contributed by atoms with Crippen LogP contribution in [0.2, 0.25) is 0 Å². The first-order chi connectivity index (χ1) is 15.5. The van der Waals surface area contributed by atoms with Crippen LogP contribution in [0.5, 0.6) is 11.5 Å². The Morgan fingerprint density at radius 2 is 1.97 bits per heavy atom. The third-order valence-electron chi connectivity index (χ3n) is 5.15. The Balaban J connectivity index is 1.82. The Morgan fingerprint density at radius 3 is 2.66 bits per heavy atom. The number of aliphatic hydroxyl groups excluding tert-OH is 1. The highest BCUT2D eigenvalue weighted by molar-refractivity contribution is 7.14. The summed E-state index contributed by atoms with van der Waals surface area (Å²) in [5.41, 5.74) is 0.899. The van der Waals surface area contributed by atoms with E-state index in [9.17, 15) is 19.8 Å². The van der Waals surface area contributed by atoms with Gasteiger partial charge < -0.3 is 14.9 Å². The number of anilines is 1. The minimum absolute atomic E-state index is 0.0402. The van der Waals surface area contributed by atoms with E-state index in [1.165, 1.54) is 28.4 Å². The van der Waals surface area contributed by atoms with Gasteiger partial charge in [-0.2, -0.15) is 0 Å². The highest BCUT2D eigenvalue weighted by Gasteiger charge is 2.47. The topological polar surface area (TPSA) is 100.0 Å². The van der Waals surface area contributed by atoms with Crippen LogP contribution in [0, 0.1) is 0 Å². The molecule has 164 valence electrons. The number of thiazole rings is 1. The lowest BCUT2D eigenvalue weighted by Crippen LogP contribution is -2.29. The number of hydrogen-bond acceptors (Lipinski definition) is 7. The van der Waals surface area contributed by atoms with Crippen LogP contribution < -0.4 is 9.64 Å². The first-order valence-electron chi connectivity index (χ1n) is 10.2. The summed E-state index contributed by atoms with van der Waals surface area (Å²) in [4.78, 5) is 31.5. The number of unbranched alkanes of at least 4 members (excludes halogenated alkanes) is 1. The molecule has 2 aromatic carbocycles. The Morgan fingerprint density at radius 1 is 1.19 bits per heavy atom. The first kappa shape index (κ1) is 21.6. The normalized spacial score (nSPS) is 17.7. The van der Waals surface area contributed by atoms with Crippen LogP contribution in [0.1, 0.15) is 36.9 Å². The molecule has 1 aromatic heterocycles. The van der Waals surface area contributed by atoms with Crippen molar-refractivity contribution >= 4 is 33.9 Å². The molecule has 32 heavy (non-hydrogen) atoms. The van der Waals surface area contributed by atoms with Crippen molar-refractivity contribution in [3.05, 3.63) is 76.8 Å². The van der Waals surface area contributed by atoms with Crippen molar-refractivity contribution < 1.29 is 24.5 Å². The molecule has 0 spiro atoms. The lowest BCUT2D eigenvalue weighted by molar-refractivity contribution is -0.132. The zero-order chi connectivity index (χ0) is 22.7. The zero-order valence-corrected chi connectivity index (χ0v) is 18.2. The number of benzene rings is 2. The molecular weight excluding hydrogens is 428 g/mol. The number of amides is 1. The molecule has 4 rings (SSSR count). The predicted molar refractivity (Wildman–Crippen MR) is 122 cm³/mol. The molecule has 1 aliphatic heterocycles. The van der Waals surface area contributed by atoms with Gasteiger partial charge >= 0.3 is 5.91 Å². The molecule has 8 heteroatoms. The van der Waals surface area contributed by atoms with Crippen LogP contribution in [-0.2, 0) is 9.59 Å². The van der Waals surface area contributed by atoms with E-state index in [0.29, 0.717) is 28.6 Å². The molecule has 1 saturated heterocycles. The summed E-state index contributed by atoms with van der Waals surface area (Å²) in [6.45, 7) is 2.61. The number of ketones is 1. The van der Waals surface area contributed by atoms with Gasteiger partial charge in [0.1, 0.15) is 17.3 Å². The third-order valence-corrected chi connectivity index (χ3v) is 5.92. The maximum absolute atomic E-state index is 13.1. The lowest BCUT2D eigenvalue weighted by Gasteiger charge is -2.23. The third kappa shape index (κ3) is 4.09. The molecule has 1 fully saturated rings. The molecule has 1 atom stereocenters. The number of aromatic hydroxyl groups is 1. The van der Waals surface area contributed by atoms with E-state index < -0.39 is 17.7 Å². The van der Waals surface area contributed by atoms with E-state index >= 15 is 0 Å². The summed E-state index contributed by atoms with van der Waals surface area (Å²) in [5.74, 6) is -1.24. The van der Waals surface area contributed by atoms with Gasteiger partial charge in [0.15, 0.2) is 5.13 Å². The molecule has 0 bridgehead atoms. The van der Waals surface area contributed by atoms with Crippen molar-refractivity contribution in [2.24, 2.45) is 0 Å². The van der Waals surface area contributed by atoms with E-state index in [2.05, 4.69) is 11.9 Å².